The van der Waals surface area contributed by atoms with E-state index in [1.54, 1.807) is 11.8 Å². The van der Waals surface area contributed by atoms with Gasteiger partial charge in [0.15, 0.2) is 0 Å². The van der Waals surface area contributed by atoms with E-state index in [0.29, 0.717) is 17.9 Å². The predicted octanol–water partition coefficient (Wildman–Crippen LogP) is 2.02. The van der Waals surface area contributed by atoms with Crippen LogP contribution in [0, 0.1) is 11.3 Å². The van der Waals surface area contributed by atoms with Crippen molar-refractivity contribution in [2.75, 3.05) is 26.2 Å². The summed E-state index contributed by atoms with van der Waals surface area (Å²) >= 11 is 0. The topological polar surface area (TPSA) is 58.6 Å². The number of amides is 2. The van der Waals surface area contributed by atoms with E-state index < -0.39 is 0 Å². The van der Waals surface area contributed by atoms with Gasteiger partial charge in [-0.15, -0.1) is 0 Å². The lowest BCUT2D eigenvalue weighted by Gasteiger charge is -2.38. The van der Waals surface area contributed by atoms with Crippen molar-refractivity contribution < 1.29 is 14.3 Å². The van der Waals surface area contributed by atoms with Crippen LogP contribution in [-0.2, 0) is 9.53 Å². The molecular formula is C14H26N2O3. The Hall–Kier alpha value is -1.26. The summed E-state index contributed by atoms with van der Waals surface area (Å²) in [7, 11) is 0. The van der Waals surface area contributed by atoms with Crippen LogP contribution in [0.3, 0.4) is 0 Å². The third-order valence-corrected chi connectivity index (χ3v) is 3.70. The number of hydrogen-bond donors (Lipinski definition) is 1. The van der Waals surface area contributed by atoms with Crippen molar-refractivity contribution in [1.29, 1.82) is 0 Å². The molecule has 0 aromatic carbocycles. The number of ether oxygens (including phenoxy) is 1. The van der Waals surface area contributed by atoms with Crippen LogP contribution in [-0.4, -0.2) is 43.1 Å². The molecule has 0 aromatic rings. The maximum atomic E-state index is 11.9. The number of hydrogen-bond acceptors (Lipinski definition) is 3. The molecule has 1 rings (SSSR count). The summed E-state index contributed by atoms with van der Waals surface area (Å²) in [6.45, 7) is 10.3. The van der Waals surface area contributed by atoms with Gasteiger partial charge in [-0.2, -0.15) is 0 Å². The molecule has 1 N–H and O–H groups in total. The molecule has 0 aromatic heterocycles. The van der Waals surface area contributed by atoms with Crippen molar-refractivity contribution in [1.82, 2.24) is 10.2 Å². The predicted molar refractivity (Wildman–Crippen MR) is 73.8 cm³/mol. The first-order valence-electron chi connectivity index (χ1n) is 7.03. The average Bonchev–Trinajstić information content (AvgIpc) is 2.35. The summed E-state index contributed by atoms with van der Waals surface area (Å²) in [5.41, 5.74) is 0.299. The molecule has 5 heteroatoms. The fourth-order valence-electron chi connectivity index (χ4n) is 2.42. The van der Waals surface area contributed by atoms with E-state index >= 15 is 0 Å². The third-order valence-electron chi connectivity index (χ3n) is 3.70. The van der Waals surface area contributed by atoms with E-state index in [0.717, 1.165) is 25.9 Å². The fourth-order valence-corrected chi connectivity index (χ4v) is 2.42. The van der Waals surface area contributed by atoms with Gasteiger partial charge in [-0.3, -0.25) is 4.79 Å². The fraction of sp³-hybridized carbons (Fsp3) is 0.857. The van der Waals surface area contributed by atoms with Gasteiger partial charge in [-0.05, 0) is 31.1 Å². The lowest BCUT2D eigenvalue weighted by Crippen LogP contribution is -2.47. The SMILES string of the molecule is CCOC(=O)CNC(=O)N1CCC(C(C)(C)C)CC1. The third kappa shape index (κ3) is 5.09. The lowest BCUT2D eigenvalue weighted by atomic mass is 9.75. The molecule has 110 valence electrons. The van der Waals surface area contributed by atoms with Crippen LogP contribution in [0.15, 0.2) is 0 Å². The van der Waals surface area contributed by atoms with Gasteiger partial charge >= 0.3 is 12.0 Å². The maximum Gasteiger partial charge on any atom is 0.325 e. The minimum atomic E-state index is -0.388. The quantitative estimate of drug-likeness (QED) is 0.798. The first kappa shape index (κ1) is 15.8. The van der Waals surface area contributed by atoms with Gasteiger partial charge in [0.05, 0.1) is 6.61 Å². The Kier molecular flexibility index (Phi) is 5.63. The number of esters is 1. The van der Waals surface area contributed by atoms with Crippen LogP contribution < -0.4 is 5.32 Å². The summed E-state index contributed by atoms with van der Waals surface area (Å²) in [5, 5.41) is 2.60. The van der Waals surface area contributed by atoms with Crippen molar-refractivity contribution in [3.63, 3.8) is 0 Å². The molecule has 0 bridgehead atoms. The second-order valence-corrected chi connectivity index (χ2v) is 6.09. The number of nitrogens with one attached hydrogen (secondary N) is 1. The summed E-state index contributed by atoms with van der Waals surface area (Å²) in [6, 6.07) is -0.166. The van der Waals surface area contributed by atoms with E-state index in [9.17, 15) is 9.59 Å². The highest BCUT2D eigenvalue weighted by Crippen LogP contribution is 2.34. The van der Waals surface area contributed by atoms with Crippen molar-refractivity contribution in [3.05, 3.63) is 0 Å². The number of nitrogens with zero attached hydrogens (tertiary/aromatic N) is 1. The van der Waals surface area contributed by atoms with E-state index in [4.69, 9.17) is 4.74 Å². The zero-order chi connectivity index (χ0) is 14.5. The van der Waals surface area contributed by atoms with Gasteiger partial charge in [0.25, 0.3) is 0 Å². The molecule has 0 unspecified atom stereocenters. The second kappa shape index (κ2) is 6.78. The van der Waals surface area contributed by atoms with Gasteiger partial charge in [-0.1, -0.05) is 20.8 Å². The maximum absolute atomic E-state index is 11.9. The van der Waals surface area contributed by atoms with E-state index in [1.807, 2.05) is 0 Å². The van der Waals surface area contributed by atoms with Crippen molar-refractivity contribution in [2.45, 2.75) is 40.5 Å². The first-order chi connectivity index (χ1) is 8.84. The van der Waals surface area contributed by atoms with Crippen LogP contribution in [0.4, 0.5) is 4.79 Å². The Balaban J connectivity index is 2.31. The molecule has 0 atom stereocenters. The molecule has 0 aliphatic carbocycles. The molecular weight excluding hydrogens is 244 g/mol. The Labute approximate surface area is 115 Å². The first-order valence-corrected chi connectivity index (χ1v) is 7.03. The van der Waals surface area contributed by atoms with Gasteiger partial charge in [0, 0.05) is 13.1 Å². The minimum Gasteiger partial charge on any atom is -0.465 e. The number of piperidine rings is 1. The largest absolute Gasteiger partial charge is 0.465 e. The highest BCUT2D eigenvalue weighted by molar-refractivity contribution is 5.80. The molecule has 1 fully saturated rings. The van der Waals surface area contributed by atoms with E-state index in [2.05, 4.69) is 26.1 Å². The second-order valence-electron chi connectivity index (χ2n) is 6.09. The van der Waals surface area contributed by atoms with E-state index in [1.165, 1.54) is 0 Å². The zero-order valence-corrected chi connectivity index (χ0v) is 12.5. The average molecular weight is 270 g/mol. The smallest absolute Gasteiger partial charge is 0.325 e. The van der Waals surface area contributed by atoms with Gasteiger partial charge < -0.3 is 15.0 Å². The number of rotatable bonds is 3. The molecule has 2 amide bonds. The standard InChI is InChI=1S/C14H26N2O3/c1-5-19-12(17)10-15-13(18)16-8-6-11(7-9-16)14(2,3)4/h11H,5-10H2,1-4H3,(H,15,18). The summed E-state index contributed by atoms with van der Waals surface area (Å²) in [6.07, 6.45) is 2.05. The molecule has 1 aliphatic rings. The highest BCUT2D eigenvalue weighted by atomic mass is 16.5. The van der Waals surface area contributed by atoms with Crippen LogP contribution >= 0.6 is 0 Å². The minimum absolute atomic E-state index is 0.0497. The number of carbonyl (C=O) groups excluding carboxylic acids is 2. The molecule has 1 saturated heterocycles. The van der Waals surface area contributed by atoms with Crippen LogP contribution in [0.2, 0.25) is 0 Å². The van der Waals surface area contributed by atoms with Crippen molar-refractivity contribution in [2.24, 2.45) is 11.3 Å². The number of likely N-dealkylation sites (tertiary alicyclic amines) is 1. The molecule has 0 radical (unpaired) electrons. The summed E-state index contributed by atoms with van der Waals surface area (Å²) in [5.74, 6) is 0.266. The Morgan fingerprint density at radius 3 is 2.32 bits per heavy atom. The Bertz CT molecular complexity index is 315. The highest BCUT2D eigenvalue weighted by Gasteiger charge is 2.30. The molecule has 1 heterocycles. The summed E-state index contributed by atoms with van der Waals surface area (Å²) < 4.78 is 4.77. The summed E-state index contributed by atoms with van der Waals surface area (Å²) in [4.78, 5) is 24.8. The monoisotopic (exact) mass is 270 g/mol. The van der Waals surface area contributed by atoms with E-state index in [-0.39, 0.29) is 18.5 Å². The lowest BCUT2D eigenvalue weighted by molar-refractivity contribution is -0.141. The van der Waals surface area contributed by atoms with Crippen LogP contribution in [0.5, 0.6) is 0 Å². The molecule has 0 saturated carbocycles. The van der Waals surface area contributed by atoms with Crippen LogP contribution in [0.25, 0.3) is 0 Å². The van der Waals surface area contributed by atoms with Gasteiger partial charge in [-0.25, -0.2) is 4.79 Å². The number of carbonyl (C=O) groups is 2. The normalized spacial score (nSPS) is 17.2. The molecule has 5 nitrogen and oxygen atoms in total. The Morgan fingerprint density at radius 2 is 1.84 bits per heavy atom. The zero-order valence-electron chi connectivity index (χ0n) is 12.5. The molecule has 19 heavy (non-hydrogen) atoms. The Morgan fingerprint density at radius 1 is 1.26 bits per heavy atom. The molecule has 1 aliphatic heterocycles. The molecule has 0 spiro atoms. The van der Waals surface area contributed by atoms with Crippen molar-refractivity contribution in [3.8, 4) is 0 Å². The van der Waals surface area contributed by atoms with Gasteiger partial charge in [0.1, 0.15) is 6.54 Å². The van der Waals surface area contributed by atoms with Crippen LogP contribution in [0.1, 0.15) is 40.5 Å². The van der Waals surface area contributed by atoms with Crippen molar-refractivity contribution >= 4 is 12.0 Å². The van der Waals surface area contributed by atoms with Gasteiger partial charge in [0.2, 0.25) is 0 Å². The number of urea groups is 1.